The Balaban J connectivity index is 1.09. The number of amides is 1. The summed E-state index contributed by atoms with van der Waals surface area (Å²) in [4.78, 5) is 66.0. The zero-order valence-corrected chi connectivity index (χ0v) is 33.2. The average Bonchev–Trinajstić information content (AvgIpc) is 3.25. The highest BCUT2D eigenvalue weighted by atomic mass is 32.2. The summed E-state index contributed by atoms with van der Waals surface area (Å²) < 4.78 is 72.4. The number of aryl methyl sites for hydroxylation is 1. The molecule has 60 heavy (non-hydrogen) atoms. The van der Waals surface area contributed by atoms with Crippen LogP contribution in [0.4, 0.5) is 14.5 Å². The minimum atomic E-state index is -4.42. The molecule has 6 aromatic rings. The maximum atomic E-state index is 15.6. The molecule has 2 N–H and O–H groups in total. The fourth-order valence-electron chi connectivity index (χ4n) is 6.91. The van der Waals surface area contributed by atoms with Gasteiger partial charge in [-0.05, 0) is 73.2 Å². The molecule has 3 aromatic carbocycles. The van der Waals surface area contributed by atoms with Crippen LogP contribution in [0.5, 0.6) is 0 Å². The Morgan fingerprint density at radius 3 is 2.28 bits per heavy atom. The van der Waals surface area contributed by atoms with Gasteiger partial charge >= 0.3 is 11.7 Å². The predicted molar refractivity (Wildman–Crippen MR) is 216 cm³/mol. The van der Waals surface area contributed by atoms with Crippen molar-refractivity contribution in [1.82, 2.24) is 29.4 Å². The van der Waals surface area contributed by atoms with Gasteiger partial charge in [0.2, 0.25) is 0 Å². The number of carbonyl (C=O) groups is 2. The quantitative estimate of drug-likeness (QED) is 0.149. The highest BCUT2D eigenvalue weighted by Gasteiger charge is 2.29. The van der Waals surface area contributed by atoms with Crippen molar-refractivity contribution >= 4 is 38.5 Å². The van der Waals surface area contributed by atoms with Crippen molar-refractivity contribution in [3.05, 3.63) is 141 Å². The van der Waals surface area contributed by atoms with Crippen molar-refractivity contribution in [3.8, 4) is 16.9 Å². The van der Waals surface area contributed by atoms with Gasteiger partial charge in [-0.25, -0.2) is 46.3 Å². The molecule has 1 aliphatic carbocycles. The van der Waals surface area contributed by atoms with Crippen molar-refractivity contribution in [2.45, 2.75) is 62.2 Å². The summed E-state index contributed by atoms with van der Waals surface area (Å²) in [6.45, 7) is 0.222. The summed E-state index contributed by atoms with van der Waals surface area (Å²) in [6, 6.07) is 14.8. The number of carbonyl (C=O) groups excluding carboxylic acids is 2. The molecule has 0 spiro atoms. The van der Waals surface area contributed by atoms with Crippen LogP contribution in [0, 0.1) is 11.6 Å². The second kappa shape index (κ2) is 17.7. The van der Waals surface area contributed by atoms with E-state index in [1.807, 2.05) is 4.72 Å². The molecule has 3 heterocycles. The van der Waals surface area contributed by atoms with Crippen LogP contribution < -0.4 is 21.3 Å². The minimum absolute atomic E-state index is 0.0186. The van der Waals surface area contributed by atoms with E-state index < -0.39 is 68.2 Å². The topological polar surface area (TPSA) is 193 Å². The van der Waals surface area contributed by atoms with Crippen LogP contribution in [0.25, 0.3) is 27.8 Å². The van der Waals surface area contributed by atoms with Crippen LogP contribution in [0.15, 0.2) is 106 Å². The van der Waals surface area contributed by atoms with Crippen LogP contribution in [0.3, 0.4) is 0 Å². The Morgan fingerprint density at radius 1 is 0.883 bits per heavy atom. The third-order valence-electron chi connectivity index (χ3n) is 10.1. The van der Waals surface area contributed by atoms with Gasteiger partial charge in [0, 0.05) is 50.8 Å². The number of nitrogens with zero attached hydrogens (tertiary/aromatic N) is 5. The molecule has 0 bridgehead atoms. The van der Waals surface area contributed by atoms with Crippen LogP contribution in [-0.4, -0.2) is 63.6 Å². The molecule has 3 aromatic heterocycles. The average molecular weight is 840 g/mol. The van der Waals surface area contributed by atoms with Gasteiger partial charge in [-0.2, -0.15) is 0 Å². The number of fused-ring (bicyclic) bond motifs is 1. The van der Waals surface area contributed by atoms with Crippen LogP contribution in [0.1, 0.15) is 53.8 Å². The van der Waals surface area contributed by atoms with Crippen molar-refractivity contribution in [1.29, 1.82) is 0 Å². The lowest BCUT2D eigenvalue weighted by Gasteiger charge is -2.25. The number of aromatic nitrogens is 5. The van der Waals surface area contributed by atoms with E-state index in [9.17, 15) is 27.6 Å². The zero-order valence-electron chi connectivity index (χ0n) is 32.4. The van der Waals surface area contributed by atoms with Gasteiger partial charge in [-0.15, -0.1) is 0 Å². The number of hydrogen-bond donors (Lipinski definition) is 2. The number of methoxy groups -OCH3 is 1. The molecule has 1 atom stereocenters. The summed E-state index contributed by atoms with van der Waals surface area (Å²) in [5, 5.41) is 2.74. The maximum absolute atomic E-state index is 15.6. The number of esters is 1. The lowest BCUT2D eigenvalue weighted by molar-refractivity contribution is -0.152. The van der Waals surface area contributed by atoms with Crippen LogP contribution in [0.2, 0.25) is 0 Å². The number of pyridine rings is 1. The molecule has 0 saturated heterocycles. The molecule has 1 saturated carbocycles. The maximum Gasteiger partial charge on any atom is 0.337 e. The van der Waals surface area contributed by atoms with Gasteiger partial charge in [-0.1, -0.05) is 36.8 Å². The van der Waals surface area contributed by atoms with Crippen molar-refractivity contribution in [3.63, 3.8) is 0 Å². The summed E-state index contributed by atoms with van der Waals surface area (Å²) in [7, 11) is -1.38. The number of halogens is 2. The van der Waals surface area contributed by atoms with Gasteiger partial charge in [0.05, 0.1) is 27.0 Å². The molecule has 15 nitrogen and oxygen atoms in total. The molecule has 1 fully saturated rings. The fourth-order valence-corrected chi connectivity index (χ4v) is 7.97. The SMILES string of the molecule is COCc1ncc(-c2ccc(S(=O)(=O)Nc3cc(F)c(C(=O)N[C@@H](Cc4ccc(-n5c(=O)c6ccccc6n(C)c5=O)nc4)C(=O)OC4CCCCC4)cc3F)cc2)cn1. The molecule has 0 aliphatic heterocycles. The Hall–Kier alpha value is -6.66. The first-order valence-electron chi connectivity index (χ1n) is 18.9. The summed E-state index contributed by atoms with van der Waals surface area (Å²) in [5.74, 6) is -4.03. The van der Waals surface area contributed by atoms with E-state index in [4.69, 9.17) is 9.47 Å². The monoisotopic (exact) mass is 839 g/mol. The molecule has 1 amide bonds. The predicted octanol–water partition coefficient (Wildman–Crippen LogP) is 4.98. The smallest absolute Gasteiger partial charge is 0.337 e. The van der Waals surface area contributed by atoms with Crippen molar-refractivity contribution in [2.24, 2.45) is 7.05 Å². The Bertz CT molecular complexity index is 2790. The van der Waals surface area contributed by atoms with Gasteiger partial charge in [-0.3, -0.25) is 18.9 Å². The summed E-state index contributed by atoms with van der Waals surface area (Å²) >= 11 is 0. The second-order valence-corrected chi connectivity index (χ2v) is 15.9. The number of ether oxygens (including phenoxy) is 2. The number of anilines is 1. The number of sulfonamides is 1. The molecule has 0 unspecified atom stereocenters. The Labute approximate surface area is 342 Å². The number of para-hydroxylation sites is 1. The molecule has 310 valence electrons. The highest BCUT2D eigenvalue weighted by molar-refractivity contribution is 7.92. The van der Waals surface area contributed by atoms with Crippen molar-refractivity contribution < 1.29 is 36.3 Å². The van der Waals surface area contributed by atoms with Gasteiger partial charge < -0.3 is 14.8 Å². The molecule has 18 heteroatoms. The molecule has 7 rings (SSSR count). The van der Waals surface area contributed by atoms with Crippen LogP contribution in [-0.2, 0) is 44.4 Å². The van der Waals surface area contributed by atoms with E-state index in [-0.39, 0.29) is 23.7 Å². The molecular weight excluding hydrogens is 801 g/mol. The fraction of sp³-hybridized carbons (Fsp3) is 0.262. The van der Waals surface area contributed by atoms with Crippen LogP contribution >= 0.6 is 0 Å². The zero-order chi connectivity index (χ0) is 42.6. The number of hydrogen-bond acceptors (Lipinski definition) is 11. The first kappa shape index (κ1) is 41.5. The van der Waals surface area contributed by atoms with E-state index in [0.29, 0.717) is 58.4 Å². The second-order valence-electron chi connectivity index (χ2n) is 14.2. The van der Waals surface area contributed by atoms with Crippen molar-refractivity contribution in [2.75, 3.05) is 11.8 Å². The molecule has 1 aliphatic rings. The Kier molecular flexibility index (Phi) is 12.2. The highest BCUT2D eigenvalue weighted by Crippen LogP contribution is 2.26. The van der Waals surface area contributed by atoms with Gasteiger partial charge in [0.15, 0.2) is 5.82 Å². The van der Waals surface area contributed by atoms with E-state index in [1.165, 1.54) is 61.3 Å². The largest absolute Gasteiger partial charge is 0.461 e. The minimum Gasteiger partial charge on any atom is -0.461 e. The number of benzene rings is 3. The molecule has 0 radical (unpaired) electrons. The number of rotatable bonds is 13. The van der Waals surface area contributed by atoms with Gasteiger partial charge in [0.25, 0.3) is 21.5 Å². The van der Waals surface area contributed by atoms with E-state index in [1.54, 1.807) is 36.7 Å². The number of nitrogens with one attached hydrogen (secondary N) is 2. The first-order valence-corrected chi connectivity index (χ1v) is 20.4. The van der Waals surface area contributed by atoms with Gasteiger partial charge in [0.1, 0.15) is 36.2 Å². The summed E-state index contributed by atoms with van der Waals surface area (Å²) in [6.07, 6.45) is 7.75. The summed E-state index contributed by atoms with van der Waals surface area (Å²) in [5.41, 5.74) is -0.715. The van der Waals surface area contributed by atoms with E-state index >= 15 is 8.78 Å². The lowest BCUT2D eigenvalue weighted by atomic mass is 9.97. The Morgan fingerprint density at radius 2 is 1.60 bits per heavy atom. The third-order valence-corrected chi connectivity index (χ3v) is 11.5. The normalized spacial score (nSPS) is 13.8. The first-order chi connectivity index (χ1) is 28.8. The lowest BCUT2D eigenvalue weighted by Crippen LogP contribution is -2.45. The van der Waals surface area contributed by atoms with E-state index in [2.05, 4.69) is 20.3 Å². The third kappa shape index (κ3) is 8.98. The standard InChI is InChI=1S/C42H39F2N7O8S/c1-50-36-11-7-6-10-30(36)40(53)51(42(50)55)38-17-12-25(21-47-38)18-35(41(54)59-28-8-4-3-5-9-28)48-39(52)31-19-33(44)34(20-32(31)43)49-60(56,57)29-15-13-26(14-16-29)27-22-45-37(24-58-2)46-23-27/h6-7,10-17,19-23,28,35,49H,3-5,8-9,18,24H2,1-2H3,(H,48,52)/t35-/m0/s1. The van der Waals surface area contributed by atoms with E-state index in [0.717, 1.165) is 23.8 Å². The molecular formula is C42H39F2N7O8S.